The molecule has 3 aromatic rings. The van der Waals surface area contributed by atoms with E-state index in [1.54, 1.807) is 18.0 Å². The monoisotopic (exact) mass is 420 g/mol. The Hall–Kier alpha value is -3.26. The number of aryl methyl sites for hydroxylation is 1. The molecule has 2 aromatic heterocycles. The van der Waals surface area contributed by atoms with Crippen LogP contribution in [0.3, 0.4) is 0 Å². The number of carbonyl (C=O) groups excluding carboxylic acids is 1. The van der Waals surface area contributed by atoms with E-state index in [1.807, 2.05) is 62.3 Å². The fourth-order valence-electron chi connectivity index (χ4n) is 4.05. The van der Waals surface area contributed by atoms with Crippen molar-refractivity contribution < 1.29 is 9.53 Å². The molecule has 8 heteroatoms. The smallest absolute Gasteiger partial charge is 0.294 e. The number of pyridine rings is 1. The third kappa shape index (κ3) is 3.67. The van der Waals surface area contributed by atoms with Gasteiger partial charge < -0.3 is 14.5 Å². The van der Waals surface area contributed by atoms with Crippen molar-refractivity contribution in [3.05, 3.63) is 54.1 Å². The summed E-state index contributed by atoms with van der Waals surface area (Å²) in [4.78, 5) is 26.3. The Labute approximate surface area is 182 Å². The molecule has 1 atom stereocenters. The minimum Gasteiger partial charge on any atom is -0.497 e. The van der Waals surface area contributed by atoms with Gasteiger partial charge in [-0.05, 0) is 71.3 Å². The maximum absolute atomic E-state index is 13.3. The molecule has 8 nitrogen and oxygen atoms in total. The lowest BCUT2D eigenvalue weighted by molar-refractivity contribution is -0.0488. The molecule has 1 aliphatic rings. The van der Waals surface area contributed by atoms with Crippen LogP contribution in [0.25, 0.3) is 17.1 Å². The van der Waals surface area contributed by atoms with E-state index in [0.29, 0.717) is 18.4 Å². The molecule has 0 bridgehead atoms. The van der Waals surface area contributed by atoms with E-state index in [1.165, 1.54) is 0 Å². The first-order chi connectivity index (χ1) is 14.7. The lowest BCUT2D eigenvalue weighted by atomic mass is 9.82. The van der Waals surface area contributed by atoms with E-state index in [9.17, 15) is 4.79 Å². The minimum absolute atomic E-state index is 0.170. The summed E-state index contributed by atoms with van der Waals surface area (Å²) < 4.78 is 6.95. The third-order valence-corrected chi connectivity index (χ3v) is 6.02. The summed E-state index contributed by atoms with van der Waals surface area (Å²) in [5, 5.41) is 4.61. The van der Waals surface area contributed by atoms with Crippen LogP contribution in [0.1, 0.15) is 30.2 Å². The summed E-state index contributed by atoms with van der Waals surface area (Å²) in [6.07, 6.45) is 1.75. The van der Waals surface area contributed by atoms with Crippen LogP contribution in [-0.2, 0) is 0 Å². The van der Waals surface area contributed by atoms with E-state index < -0.39 is 0 Å². The lowest BCUT2D eigenvalue weighted by Crippen LogP contribution is -2.73. The first-order valence-corrected chi connectivity index (χ1v) is 10.3. The van der Waals surface area contributed by atoms with Gasteiger partial charge in [0.05, 0.1) is 18.3 Å². The molecule has 0 radical (unpaired) electrons. The van der Waals surface area contributed by atoms with Crippen LogP contribution in [0, 0.1) is 6.92 Å². The van der Waals surface area contributed by atoms with Crippen LogP contribution in [0.4, 0.5) is 0 Å². The van der Waals surface area contributed by atoms with E-state index in [4.69, 9.17) is 4.74 Å². The first kappa shape index (κ1) is 21.0. The Kier molecular flexibility index (Phi) is 5.26. The number of likely N-dealkylation sites (N-methyl/N-ethyl adjacent to an activating group) is 1. The molecular formula is C23H28N6O2. The second-order valence-corrected chi connectivity index (χ2v) is 8.61. The number of methoxy groups -OCH3 is 1. The van der Waals surface area contributed by atoms with Gasteiger partial charge in [-0.2, -0.15) is 0 Å². The fraction of sp³-hybridized carbons (Fsp3) is 0.391. The first-order valence-electron chi connectivity index (χ1n) is 10.3. The molecule has 31 heavy (non-hydrogen) atoms. The zero-order chi connectivity index (χ0) is 22.3. The molecule has 4 rings (SSSR count). The summed E-state index contributed by atoms with van der Waals surface area (Å²) >= 11 is 0. The van der Waals surface area contributed by atoms with Gasteiger partial charge in [0, 0.05) is 30.0 Å². The normalized spacial score (nSPS) is 17.5. The lowest BCUT2D eigenvalue weighted by Gasteiger charge is -2.57. The summed E-state index contributed by atoms with van der Waals surface area (Å²) in [6.45, 7) is 6.73. The van der Waals surface area contributed by atoms with Crippen molar-refractivity contribution in [2.45, 2.75) is 32.4 Å². The van der Waals surface area contributed by atoms with Gasteiger partial charge in [-0.15, -0.1) is 5.10 Å². The number of rotatable bonds is 5. The van der Waals surface area contributed by atoms with Crippen LogP contribution < -0.4 is 4.74 Å². The Bertz CT molecular complexity index is 1090. The second-order valence-electron chi connectivity index (χ2n) is 8.61. The van der Waals surface area contributed by atoms with Gasteiger partial charge in [0.2, 0.25) is 5.82 Å². The van der Waals surface area contributed by atoms with Gasteiger partial charge in [0.1, 0.15) is 5.75 Å². The quantitative estimate of drug-likeness (QED) is 0.632. The molecule has 0 spiro atoms. The number of amides is 1. The van der Waals surface area contributed by atoms with E-state index in [-0.39, 0.29) is 17.3 Å². The van der Waals surface area contributed by atoms with E-state index in [0.717, 1.165) is 22.7 Å². The predicted molar refractivity (Wildman–Crippen MR) is 118 cm³/mol. The van der Waals surface area contributed by atoms with Crippen LogP contribution >= 0.6 is 0 Å². The van der Waals surface area contributed by atoms with Crippen molar-refractivity contribution >= 4 is 5.91 Å². The van der Waals surface area contributed by atoms with Gasteiger partial charge in [0.25, 0.3) is 5.91 Å². The molecule has 1 unspecified atom stereocenters. The standard InChI is InChI=1S/C23H28N6O2/c1-15-7-8-16(13-24-15)21-25-20(22(30)28-14-19(27(4)5)23(28,2)3)26-29(21)17-9-11-18(31-6)12-10-17/h7-13,19H,14H2,1-6H3. The molecule has 1 aliphatic heterocycles. The average Bonchev–Trinajstić information content (AvgIpc) is 3.18. The van der Waals surface area contributed by atoms with Gasteiger partial charge in [0.15, 0.2) is 5.82 Å². The Morgan fingerprint density at radius 1 is 1.16 bits per heavy atom. The summed E-state index contributed by atoms with van der Waals surface area (Å²) in [7, 11) is 5.70. The minimum atomic E-state index is -0.294. The Morgan fingerprint density at radius 2 is 1.87 bits per heavy atom. The van der Waals surface area contributed by atoms with E-state index in [2.05, 4.69) is 33.8 Å². The van der Waals surface area contributed by atoms with Crippen molar-refractivity contribution in [1.29, 1.82) is 0 Å². The van der Waals surface area contributed by atoms with Gasteiger partial charge in [-0.1, -0.05) is 0 Å². The third-order valence-electron chi connectivity index (χ3n) is 6.02. The highest BCUT2D eigenvalue weighted by Gasteiger charge is 2.50. The molecule has 1 fully saturated rings. The number of ether oxygens (including phenoxy) is 1. The van der Waals surface area contributed by atoms with Crippen molar-refractivity contribution in [3.63, 3.8) is 0 Å². The Morgan fingerprint density at radius 3 is 2.42 bits per heavy atom. The number of aromatic nitrogens is 4. The molecule has 1 saturated heterocycles. The highest BCUT2D eigenvalue weighted by atomic mass is 16.5. The zero-order valence-corrected chi connectivity index (χ0v) is 18.8. The summed E-state index contributed by atoms with van der Waals surface area (Å²) in [5.74, 6) is 1.33. The maximum Gasteiger partial charge on any atom is 0.294 e. The summed E-state index contributed by atoms with van der Waals surface area (Å²) in [6, 6.07) is 11.7. The number of nitrogens with zero attached hydrogens (tertiary/aromatic N) is 6. The number of benzene rings is 1. The fourth-order valence-corrected chi connectivity index (χ4v) is 4.05. The zero-order valence-electron chi connectivity index (χ0n) is 18.8. The number of hydrogen-bond donors (Lipinski definition) is 0. The van der Waals surface area contributed by atoms with Crippen molar-refractivity contribution in [1.82, 2.24) is 29.5 Å². The molecule has 0 N–H and O–H groups in total. The highest BCUT2D eigenvalue weighted by Crippen LogP contribution is 2.34. The topological polar surface area (TPSA) is 76.4 Å². The van der Waals surface area contributed by atoms with Crippen LogP contribution in [-0.4, -0.2) is 74.8 Å². The predicted octanol–water partition coefficient (Wildman–Crippen LogP) is 2.81. The van der Waals surface area contributed by atoms with Crippen molar-refractivity contribution in [2.24, 2.45) is 0 Å². The molecular weight excluding hydrogens is 392 g/mol. The molecule has 3 heterocycles. The van der Waals surface area contributed by atoms with Crippen molar-refractivity contribution in [2.75, 3.05) is 27.7 Å². The molecule has 1 amide bonds. The molecule has 1 aromatic carbocycles. The highest BCUT2D eigenvalue weighted by molar-refractivity contribution is 5.92. The van der Waals surface area contributed by atoms with Gasteiger partial charge in [-0.25, -0.2) is 9.67 Å². The molecule has 0 aliphatic carbocycles. The Balaban J connectivity index is 1.74. The number of hydrogen-bond acceptors (Lipinski definition) is 6. The van der Waals surface area contributed by atoms with Crippen molar-refractivity contribution in [3.8, 4) is 22.8 Å². The largest absolute Gasteiger partial charge is 0.497 e. The van der Waals surface area contributed by atoms with Gasteiger partial charge >= 0.3 is 0 Å². The van der Waals surface area contributed by atoms with Crippen LogP contribution in [0.15, 0.2) is 42.6 Å². The summed E-state index contributed by atoms with van der Waals surface area (Å²) in [5.41, 5.74) is 2.20. The second kappa shape index (κ2) is 7.77. The average molecular weight is 421 g/mol. The number of likely N-dealkylation sites (tertiary alicyclic amines) is 1. The van der Waals surface area contributed by atoms with E-state index >= 15 is 0 Å². The van der Waals surface area contributed by atoms with Crippen LogP contribution in [0.5, 0.6) is 5.75 Å². The maximum atomic E-state index is 13.3. The van der Waals surface area contributed by atoms with Gasteiger partial charge in [-0.3, -0.25) is 9.78 Å². The SMILES string of the molecule is COc1ccc(-n2nc(C(=O)N3CC(N(C)C)C3(C)C)nc2-c2ccc(C)nc2)cc1. The molecule has 0 saturated carbocycles. The molecule has 162 valence electrons. The van der Waals surface area contributed by atoms with Crippen LogP contribution in [0.2, 0.25) is 0 Å². The number of carbonyl (C=O) groups is 1.